The Kier molecular flexibility index (Phi) is 2.57. The van der Waals surface area contributed by atoms with Gasteiger partial charge in [0.15, 0.2) is 0 Å². The summed E-state index contributed by atoms with van der Waals surface area (Å²) in [5, 5.41) is 0. The lowest BCUT2D eigenvalue weighted by Crippen LogP contribution is -2.06. The Morgan fingerprint density at radius 1 is 0.944 bits per heavy atom. The predicted molar refractivity (Wildman–Crippen MR) is 66.7 cm³/mol. The van der Waals surface area contributed by atoms with Gasteiger partial charge in [-0.25, -0.2) is 4.79 Å². The topological polar surface area (TPSA) is 38.8 Å². The molecule has 0 aromatic heterocycles. The molecule has 0 unspecified atom stereocenters. The molecule has 2 aromatic carbocycles. The van der Waals surface area contributed by atoms with Crippen molar-refractivity contribution < 1.29 is 14.3 Å². The zero-order chi connectivity index (χ0) is 12.4. The fourth-order valence-corrected chi connectivity index (χ4v) is 1.69. The number of carbonyl (C=O) groups excluding carboxylic acids is 1. The molecule has 2 aromatic rings. The van der Waals surface area contributed by atoms with Gasteiger partial charge in [-0.1, -0.05) is 48.5 Å². The molecule has 88 valence electrons. The van der Waals surface area contributed by atoms with E-state index in [0.717, 1.165) is 11.1 Å². The normalized spacial score (nSPS) is 12.3. The zero-order valence-corrected chi connectivity index (χ0v) is 9.50. The zero-order valence-electron chi connectivity index (χ0n) is 9.50. The van der Waals surface area contributed by atoms with Crippen molar-refractivity contribution in [3.8, 4) is 16.9 Å². The molecular formula is C15H10O3. The number of ether oxygens (including phenoxy) is 2. The first-order chi connectivity index (χ1) is 8.84. The van der Waals surface area contributed by atoms with Gasteiger partial charge in [0, 0.05) is 5.56 Å². The van der Waals surface area contributed by atoms with Crippen LogP contribution in [0.2, 0.25) is 0 Å². The van der Waals surface area contributed by atoms with Crippen LogP contribution in [0.25, 0.3) is 11.1 Å². The lowest BCUT2D eigenvalue weighted by molar-refractivity contribution is -0.131. The van der Waals surface area contributed by atoms with E-state index in [9.17, 15) is 4.79 Å². The summed E-state index contributed by atoms with van der Waals surface area (Å²) in [5.41, 5.74) is 1.89. The second kappa shape index (κ2) is 4.37. The molecule has 3 heteroatoms. The first-order valence-corrected chi connectivity index (χ1v) is 5.58. The van der Waals surface area contributed by atoms with Crippen LogP contribution < -0.4 is 4.74 Å². The average Bonchev–Trinajstić information content (AvgIpc) is 3.25. The molecule has 0 atom stereocenters. The van der Waals surface area contributed by atoms with Gasteiger partial charge in [-0.15, -0.1) is 0 Å². The first-order valence-electron chi connectivity index (χ1n) is 5.58. The Morgan fingerprint density at radius 3 is 2.33 bits per heavy atom. The molecule has 0 saturated heterocycles. The highest BCUT2D eigenvalue weighted by molar-refractivity contribution is 5.91. The molecule has 0 fully saturated rings. The molecular weight excluding hydrogens is 228 g/mol. The average molecular weight is 238 g/mol. The van der Waals surface area contributed by atoms with Crippen molar-refractivity contribution in [2.24, 2.45) is 0 Å². The number of benzene rings is 2. The largest absolute Gasteiger partial charge is 0.450 e. The van der Waals surface area contributed by atoms with Crippen LogP contribution in [-0.4, -0.2) is 5.97 Å². The van der Waals surface area contributed by atoms with Crippen LogP contribution in [-0.2, 0) is 9.53 Å². The van der Waals surface area contributed by atoms with E-state index in [1.54, 1.807) is 6.07 Å². The van der Waals surface area contributed by atoms with Crippen LogP contribution in [0.5, 0.6) is 5.75 Å². The van der Waals surface area contributed by atoms with E-state index in [1.807, 2.05) is 48.5 Å². The molecule has 0 bridgehead atoms. The third kappa shape index (κ3) is 2.11. The van der Waals surface area contributed by atoms with E-state index < -0.39 is 5.97 Å². The quantitative estimate of drug-likeness (QED) is 0.609. The van der Waals surface area contributed by atoms with Crippen molar-refractivity contribution >= 4 is 5.97 Å². The number of esters is 1. The molecule has 3 rings (SSSR count). The van der Waals surface area contributed by atoms with Crippen LogP contribution in [0.1, 0.15) is 0 Å². The molecule has 3 nitrogen and oxygen atoms in total. The lowest BCUT2D eigenvalue weighted by atomic mass is 10.1. The molecule has 1 aliphatic rings. The Morgan fingerprint density at radius 2 is 1.61 bits per heavy atom. The van der Waals surface area contributed by atoms with E-state index in [1.165, 1.54) is 6.26 Å². The minimum Gasteiger partial charge on any atom is -0.450 e. The summed E-state index contributed by atoms with van der Waals surface area (Å²) in [6.45, 7) is 0. The van der Waals surface area contributed by atoms with E-state index in [2.05, 4.69) is 0 Å². The monoisotopic (exact) mass is 238 g/mol. The first kappa shape index (κ1) is 10.6. The van der Waals surface area contributed by atoms with E-state index >= 15 is 0 Å². The Labute approximate surface area is 104 Å². The van der Waals surface area contributed by atoms with Crippen molar-refractivity contribution in [3.05, 3.63) is 66.6 Å². The van der Waals surface area contributed by atoms with Crippen LogP contribution in [0.3, 0.4) is 0 Å². The van der Waals surface area contributed by atoms with Gasteiger partial charge in [0.05, 0.1) is 0 Å². The highest BCUT2D eigenvalue weighted by atomic mass is 16.6. The van der Waals surface area contributed by atoms with Gasteiger partial charge in [0.1, 0.15) is 12.0 Å². The summed E-state index contributed by atoms with van der Waals surface area (Å²) < 4.78 is 10.00. The Hall–Kier alpha value is -2.55. The van der Waals surface area contributed by atoms with Crippen molar-refractivity contribution in [2.45, 2.75) is 0 Å². The Bertz CT molecular complexity index is 615. The number of hydrogen-bond donors (Lipinski definition) is 0. The molecule has 0 spiro atoms. The standard InChI is InChI=1S/C15H10O3/c16-15(14-10-17-14)18-13-9-5-4-8-12(13)11-6-2-1-3-7-11/h1-10H. The fourth-order valence-electron chi connectivity index (χ4n) is 1.69. The van der Waals surface area contributed by atoms with Gasteiger partial charge in [-0.3, -0.25) is 0 Å². The molecule has 0 saturated carbocycles. The van der Waals surface area contributed by atoms with Crippen LogP contribution in [0.4, 0.5) is 0 Å². The van der Waals surface area contributed by atoms with Crippen LogP contribution in [0, 0.1) is 0 Å². The maximum absolute atomic E-state index is 11.5. The van der Waals surface area contributed by atoms with Crippen molar-refractivity contribution in [1.82, 2.24) is 0 Å². The number of para-hydroxylation sites is 1. The maximum Gasteiger partial charge on any atom is 0.382 e. The summed E-state index contributed by atoms with van der Waals surface area (Å²) >= 11 is 0. The van der Waals surface area contributed by atoms with E-state index in [0.29, 0.717) is 5.75 Å². The van der Waals surface area contributed by atoms with Gasteiger partial charge < -0.3 is 9.47 Å². The van der Waals surface area contributed by atoms with Crippen molar-refractivity contribution in [3.63, 3.8) is 0 Å². The third-order valence-electron chi connectivity index (χ3n) is 2.61. The number of carbonyl (C=O) groups is 1. The SMILES string of the molecule is O=C(Oc1ccccc1-c1ccccc1)C1=CO1. The smallest absolute Gasteiger partial charge is 0.382 e. The van der Waals surface area contributed by atoms with Crippen LogP contribution in [0.15, 0.2) is 66.6 Å². The second-order valence-electron chi connectivity index (χ2n) is 3.85. The van der Waals surface area contributed by atoms with Crippen LogP contribution >= 0.6 is 0 Å². The summed E-state index contributed by atoms with van der Waals surface area (Å²) in [5.74, 6) is 0.335. The molecule has 1 aliphatic heterocycles. The van der Waals surface area contributed by atoms with Gasteiger partial charge in [0.25, 0.3) is 0 Å². The maximum atomic E-state index is 11.5. The summed E-state index contributed by atoms with van der Waals surface area (Å²) in [6.07, 6.45) is 1.37. The summed E-state index contributed by atoms with van der Waals surface area (Å²) in [6, 6.07) is 17.2. The third-order valence-corrected chi connectivity index (χ3v) is 2.61. The predicted octanol–water partition coefficient (Wildman–Crippen LogP) is 3.13. The van der Waals surface area contributed by atoms with Crippen molar-refractivity contribution in [2.75, 3.05) is 0 Å². The minimum atomic E-state index is -0.460. The Balaban J connectivity index is 1.94. The second-order valence-corrected chi connectivity index (χ2v) is 3.85. The summed E-state index contributed by atoms with van der Waals surface area (Å²) in [7, 11) is 0. The number of hydrogen-bond acceptors (Lipinski definition) is 3. The van der Waals surface area contributed by atoms with E-state index in [4.69, 9.17) is 9.47 Å². The molecule has 0 N–H and O–H groups in total. The van der Waals surface area contributed by atoms with Gasteiger partial charge >= 0.3 is 5.97 Å². The highest BCUT2D eigenvalue weighted by Crippen LogP contribution is 2.30. The fraction of sp³-hybridized carbons (Fsp3) is 0. The minimum absolute atomic E-state index is 0.262. The van der Waals surface area contributed by atoms with Gasteiger partial charge in [-0.05, 0) is 11.6 Å². The molecule has 18 heavy (non-hydrogen) atoms. The molecule has 0 amide bonds. The lowest BCUT2D eigenvalue weighted by Gasteiger charge is -2.08. The summed E-state index contributed by atoms with van der Waals surface area (Å²) in [4.78, 5) is 11.5. The molecule has 0 aliphatic carbocycles. The van der Waals surface area contributed by atoms with Gasteiger partial charge in [-0.2, -0.15) is 0 Å². The highest BCUT2D eigenvalue weighted by Gasteiger charge is 2.23. The van der Waals surface area contributed by atoms with E-state index in [-0.39, 0.29) is 5.76 Å². The molecule has 0 radical (unpaired) electrons. The van der Waals surface area contributed by atoms with Crippen molar-refractivity contribution in [1.29, 1.82) is 0 Å². The van der Waals surface area contributed by atoms with Gasteiger partial charge in [0.2, 0.25) is 5.76 Å². The number of rotatable bonds is 3. The molecule has 1 heterocycles.